The van der Waals surface area contributed by atoms with Crippen molar-refractivity contribution in [1.82, 2.24) is 18.6 Å². The first kappa shape index (κ1) is 30.7. The van der Waals surface area contributed by atoms with E-state index in [9.17, 15) is 27.9 Å². The molecule has 0 spiro atoms. The number of para-hydroxylation sites is 1. The van der Waals surface area contributed by atoms with Gasteiger partial charge in [0.2, 0.25) is 10.9 Å². The van der Waals surface area contributed by atoms with E-state index in [1.807, 2.05) is 26.0 Å². The van der Waals surface area contributed by atoms with Crippen molar-refractivity contribution in [2.75, 3.05) is 27.3 Å². The molecule has 1 unspecified atom stereocenters. The number of aliphatic hydroxyl groups is 1. The summed E-state index contributed by atoms with van der Waals surface area (Å²) in [4.78, 5) is 45.0. The van der Waals surface area contributed by atoms with E-state index in [2.05, 4.69) is 4.98 Å². The first-order valence-corrected chi connectivity index (χ1v) is 15.9. The Labute approximate surface area is 252 Å². The number of sulfonamides is 1. The molecular formula is C28H32N4O9S2. The molecule has 0 aliphatic carbocycles. The van der Waals surface area contributed by atoms with Gasteiger partial charge in [0.25, 0.3) is 10.0 Å². The van der Waals surface area contributed by atoms with Crippen LogP contribution >= 0.6 is 11.3 Å². The number of thiazole rings is 1. The molecule has 0 radical (unpaired) electrons. The van der Waals surface area contributed by atoms with Gasteiger partial charge in [-0.2, -0.15) is 0 Å². The number of amides is 1. The Kier molecular flexibility index (Phi) is 8.35. The maximum absolute atomic E-state index is 13.4. The largest absolute Gasteiger partial charge is 0.513 e. The van der Waals surface area contributed by atoms with Crippen LogP contribution in [-0.2, 0) is 35.5 Å². The minimum absolute atomic E-state index is 0.00771. The van der Waals surface area contributed by atoms with E-state index in [4.69, 9.17) is 14.2 Å². The topological polar surface area (TPSA) is 157 Å². The van der Waals surface area contributed by atoms with Crippen molar-refractivity contribution in [2.45, 2.75) is 44.4 Å². The molecule has 1 saturated heterocycles. The van der Waals surface area contributed by atoms with Crippen molar-refractivity contribution in [3.8, 4) is 5.75 Å². The summed E-state index contributed by atoms with van der Waals surface area (Å²) in [6.07, 6.45) is 1.80. The summed E-state index contributed by atoms with van der Waals surface area (Å²) in [5.74, 6) is -1.94. The number of benzene rings is 1. The Morgan fingerprint density at radius 1 is 1.19 bits per heavy atom. The number of fused-ring (bicyclic) bond motifs is 2. The van der Waals surface area contributed by atoms with E-state index < -0.39 is 46.1 Å². The second kappa shape index (κ2) is 11.7. The lowest BCUT2D eigenvalue weighted by Crippen LogP contribution is -2.63. The third-order valence-corrected chi connectivity index (χ3v) is 10.6. The van der Waals surface area contributed by atoms with Gasteiger partial charge in [0, 0.05) is 31.8 Å². The lowest BCUT2D eigenvalue weighted by Gasteiger charge is -2.46. The molecule has 0 bridgehead atoms. The fraction of sp³-hybridized carbons (Fsp3) is 0.429. The van der Waals surface area contributed by atoms with Crippen LogP contribution in [0.1, 0.15) is 31.2 Å². The van der Waals surface area contributed by atoms with Gasteiger partial charge in [-0.05, 0) is 25.0 Å². The van der Waals surface area contributed by atoms with Gasteiger partial charge in [0.05, 0.1) is 22.9 Å². The maximum atomic E-state index is 13.4. The fourth-order valence-corrected chi connectivity index (χ4v) is 7.88. The van der Waals surface area contributed by atoms with E-state index >= 15 is 0 Å². The molecule has 0 saturated carbocycles. The molecule has 1 fully saturated rings. The predicted octanol–water partition coefficient (Wildman–Crippen LogP) is 2.54. The van der Waals surface area contributed by atoms with Crippen LogP contribution in [0, 0.1) is 11.8 Å². The highest BCUT2D eigenvalue weighted by atomic mass is 32.2. The molecule has 2 aliphatic heterocycles. The highest BCUT2D eigenvalue weighted by Gasteiger charge is 2.60. The summed E-state index contributed by atoms with van der Waals surface area (Å²) in [7, 11) is -1.03. The van der Waals surface area contributed by atoms with E-state index in [1.54, 1.807) is 22.7 Å². The quantitative estimate of drug-likeness (QED) is 0.152. The van der Waals surface area contributed by atoms with E-state index in [1.165, 1.54) is 32.2 Å². The van der Waals surface area contributed by atoms with Gasteiger partial charge >= 0.3 is 12.1 Å². The summed E-state index contributed by atoms with van der Waals surface area (Å²) in [6, 6.07) is 6.56. The van der Waals surface area contributed by atoms with Crippen LogP contribution in [0.3, 0.4) is 0 Å². The van der Waals surface area contributed by atoms with Crippen molar-refractivity contribution >= 4 is 49.8 Å². The monoisotopic (exact) mass is 632 g/mol. The number of hydrogen-bond acceptors (Lipinski definition) is 11. The number of aryl methyl sites for hydroxylation is 1. The Hall–Kier alpha value is -3.79. The molecular weight excluding hydrogens is 600 g/mol. The summed E-state index contributed by atoms with van der Waals surface area (Å²) in [6.45, 7) is 4.70. The Balaban J connectivity index is 1.37. The van der Waals surface area contributed by atoms with Crippen LogP contribution in [-0.4, -0.2) is 89.6 Å². The van der Waals surface area contributed by atoms with Gasteiger partial charge in [-0.1, -0.05) is 32.0 Å². The van der Waals surface area contributed by atoms with Crippen LogP contribution in [0.5, 0.6) is 5.75 Å². The number of carbonyl (C=O) groups excluding carboxylic acids is 3. The molecule has 13 nitrogen and oxygen atoms in total. The molecule has 1 N–H and O–H groups in total. The van der Waals surface area contributed by atoms with Crippen LogP contribution in [0.25, 0.3) is 10.4 Å². The van der Waals surface area contributed by atoms with E-state index in [0.717, 1.165) is 21.2 Å². The SMILES string of the molecule is CCc1ccccc1OC(=O)OCCOC(=O)C1=C(c2cn3cnc(S(=O)(=O)N(C)C)c3s2)C(C)[C@H]2[C@@H]([C@@H](C)O)C(=O)N12. The number of imidazole rings is 1. The Morgan fingerprint density at radius 2 is 1.88 bits per heavy atom. The lowest BCUT2D eigenvalue weighted by molar-refractivity contribution is -0.164. The molecule has 230 valence electrons. The zero-order chi connectivity index (χ0) is 31.2. The van der Waals surface area contributed by atoms with Gasteiger partial charge in [-0.25, -0.2) is 27.3 Å². The average molecular weight is 633 g/mol. The van der Waals surface area contributed by atoms with Crippen LogP contribution in [0.15, 0.2) is 47.5 Å². The van der Waals surface area contributed by atoms with Crippen LogP contribution < -0.4 is 4.74 Å². The normalized spacial score (nSPS) is 20.8. The Bertz CT molecular complexity index is 1720. The first-order chi connectivity index (χ1) is 20.4. The third kappa shape index (κ3) is 5.30. The highest BCUT2D eigenvalue weighted by Crippen LogP contribution is 2.52. The lowest BCUT2D eigenvalue weighted by atomic mass is 9.77. The van der Waals surface area contributed by atoms with E-state index in [-0.39, 0.29) is 29.9 Å². The number of rotatable bonds is 10. The number of aliphatic hydroxyl groups excluding tert-OH is 1. The Morgan fingerprint density at radius 3 is 2.56 bits per heavy atom. The number of nitrogens with zero attached hydrogens (tertiary/aromatic N) is 4. The number of hydrogen-bond donors (Lipinski definition) is 1. The molecule has 5 rings (SSSR count). The predicted molar refractivity (Wildman–Crippen MR) is 155 cm³/mol. The smallest absolute Gasteiger partial charge is 0.457 e. The number of carbonyl (C=O) groups is 3. The van der Waals surface area contributed by atoms with Gasteiger partial charge in [0.1, 0.15) is 35.8 Å². The minimum atomic E-state index is -3.84. The van der Waals surface area contributed by atoms with Crippen molar-refractivity contribution in [2.24, 2.45) is 11.8 Å². The molecule has 1 aromatic carbocycles. The second-order valence-corrected chi connectivity index (χ2v) is 13.6. The van der Waals surface area contributed by atoms with Gasteiger partial charge < -0.3 is 24.2 Å². The van der Waals surface area contributed by atoms with Crippen molar-refractivity contribution in [3.05, 3.63) is 52.9 Å². The number of aromatic nitrogens is 2. The first-order valence-electron chi connectivity index (χ1n) is 13.6. The zero-order valence-electron chi connectivity index (χ0n) is 24.2. The maximum Gasteiger partial charge on any atom is 0.513 e. The summed E-state index contributed by atoms with van der Waals surface area (Å²) < 4.78 is 44.0. The minimum Gasteiger partial charge on any atom is -0.457 e. The molecule has 2 aromatic heterocycles. The summed E-state index contributed by atoms with van der Waals surface area (Å²) in [5.41, 5.74) is 1.33. The van der Waals surface area contributed by atoms with Crippen LogP contribution in [0.4, 0.5) is 4.79 Å². The standard InChI is InChI=1S/C28H32N4O9S2/c1-6-17-9-7-8-10-18(17)41-28(36)40-12-11-39-27(35)23-20(15(2)22-21(16(3)33)25(34)32(22)23)19-13-31-14-29-24(26(31)42-19)43(37,38)30(4)5/h7-10,13-16,21-22,33H,6,11-12H2,1-5H3/t15?,16-,21-,22+/m1/s1. The number of esters is 1. The van der Waals surface area contributed by atoms with Gasteiger partial charge in [-0.15, -0.1) is 11.3 Å². The zero-order valence-corrected chi connectivity index (χ0v) is 25.8. The number of β-lactam (4-membered cyclic amide) rings is 1. The molecule has 3 aromatic rings. The van der Waals surface area contributed by atoms with Gasteiger partial charge in [-0.3, -0.25) is 9.20 Å². The number of ether oxygens (including phenoxy) is 3. The fourth-order valence-electron chi connectivity index (χ4n) is 5.48. The van der Waals surface area contributed by atoms with Crippen molar-refractivity contribution < 1.29 is 42.1 Å². The average Bonchev–Trinajstić information content (AvgIpc) is 3.60. The van der Waals surface area contributed by atoms with Gasteiger partial charge in [0.15, 0.2) is 0 Å². The molecule has 1 amide bonds. The van der Waals surface area contributed by atoms with Crippen LogP contribution in [0.2, 0.25) is 0 Å². The molecule has 4 atom stereocenters. The van der Waals surface area contributed by atoms with Crippen molar-refractivity contribution in [1.29, 1.82) is 0 Å². The molecule has 4 heterocycles. The second-order valence-electron chi connectivity index (χ2n) is 10.5. The summed E-state index contributed by atoms with van der Waals surface area (Å²) in [5, 5.41) is 10.2. The summed E-state index contributed by atoms with van der Waals surface area (Å²) >= 11 is 1.12. The third-order valence-electron chi connectivity index (χ3n) is 7.62. The highest BCUT2D eigenvalue weighted by molar-refractivity contribution is 7.89. The molecule has 43 heavy (non-hydrogen) atoms. The molecule has 15 heteroatoms. The van der Waals surface area contributed by atoms with E-state index in [0.29, 0.717) is 27.5 Å². The van der Waals surface area contributed by atoms with Crippen molar-refractivity contribution in [3.63, 3.8) is 0 Å². The molecule has 2 aliphatic rings.